The summed E-state index contributed by atoms with van der Waals surface area (Å²) < 4.78 is 1.68. The van der Waals surface area contributed by atoms with Crippen molar-refractivity contribution in [2.75, 3.05) is 5.32 Å². The summed E-state index contributed by atoms with van der Waals surface area (Å²) in [6, 6.07) is 5.49. The van der Waals surface area contributed by atoms with Gasteiger partial charge in [-0.3, -0.25) is 14.5 Å². The van der Waals surface area contributed by atoms with Crippen LogP contribution in [0.3, 0.4) is 0 Å². The Morgan fingerprint density at radius 2 is 2.36 bits per heavy atom. The van der Waals surface area contributed by atoms with Crippen molar-refractivity contribution in [1.29, 1.82) is 0 Å². The number of rotatable bonds is 2. The fraction of sp³-hybridized carbons (Fsp3) is 0. The van der Waals surface area contributed by atoms with Crippen LogP contribution < -0.4 is 5.32 Å². The topological polar surface area (TPSA) is 59.3 Å². The van der Waals surface area contributed by atoms with Crippen LogP contribution >= 0.6 is 0 Å². The van der Waals surface area contributed by atoms with E-state index in [0.717, 1.165) is 0 Å². The van der Waals surface area contributed by atoms with E-state index in [2.05, 4.69) is 22.1 Å². The molecule has 0 fully saturated rings. The third-order valence-electron chi connectivity index (χ3n) is 1.73. The van der Waals surface area contributed by atoms with Crippen LogP contribution in [0.1, 0.15) is 0 Å². The maximum absolute atomic E-state index is 11.0. The first-order chi connectivity index (χ1) is 6.81. The molecule has 0 bridgehead atoms. The first-order valence-electron chi connectivity index (χ1n) is 4.04. The lowest BCUT2D eigenvalue weighted by Crippen LogP contribution is -2.10. The highest BCUT2D eigenvalue weighted by atomic mass is 16.1. The predicted molar refractivity (Wildman–Crippen MR) is 51.8 cm³/mol. The van der Waals surface area contributed by atoms with E-state index in [1.165, 1.54) is 6.08 Å². The molecular weight excluding hydrogens is 180 g/mol. The van der Waals surface area contributed by atoms with Crippen molar-refractivity contribution in [3.05, 3.63) is 37.1 Å². The van der Waals surface area contributed by atoms with E-state index in [9.17, 15) is 4.79 Å². The highest BCUT2D eigenvalue weighted by Crippen LogP contribution is 2.06. The van der Waals surface area contributed by atoms with Gasteiger partial charge in [0, 0.05) is 6.20 Å². The number of amides is 1. The summed E-state index contributed by atoms with van der Waals surface area (Å²) in [7, 11) is 0. The highest BCUT2D eigenvalue weighted by Gasteiger charge is 2.05. The van der Waals surface area contributed by atoms with Gasteiger partial charge in [-0.1, -0.05) is 12.6 Å². The minimum Gasteiger partial charge on any atom is -0.291 e. The second-order valence-corrected chi connectivity index (χ2v) is 2.65. The van der Waals surface area contributed by atoms with E-state index in [4.69, 9.17) is 0 Å². The summed E-state index contributed by atoms with van der Waals surface area (Å²) in [6.07, 6.45) is 2.96. The van der Waals surface area contributed by atoms with E-state index < -0.39 is 0 Å². The number of fused-ring (bicyclic) bond motifs is 1. The number of nitrogens with zero attached hydrogens (tertiary/aromatic N) is 3. The van der Waals surface area contributed by atoms with Gasteiger partial charge in [0.2, 0.25) is 11.9 Å². The lowest BCUT2D eigenvalue weighted by Gasteiger charge is -1.98. The molecule has 0 unspecified atom stereocenters. The molecule has 5 heteroatoms. The van der Waals surface area contributed by atoms with Crippen LogP contribution in [0, 0.1) is 0 Å². The quantitative estimate of drug-likeness (QED) is 0.711. The maximum Gasteiger partial charge on any atom is 0.250 e. The second-order valence-electron chi connectivity index (χ2n) is 2.65. The van der Waals surface area contributed by atoms with Crippen molar-refractivity contribution in [1.82, 2.24) is 14.6 Å². The zero-order valence-electron chi connectivity index (χ0n) is 7.34. The summed E-state index contributed by atoms with van der Waals surface area (Å²) in [5.41, 5.74) is 0.687. The van der Waals surface area contributed by atoms with Gasteiger partial charge in [0.05, 0.1) is 0 Å². The molecule has 0 radical (unpaired) electrons. The number of hydrogen-bond donors (Lipinski definition) is 1. The van der Waals surface area contributed by atoms with Gasteiger partial charge in [-0.05, 0) is 18.2 Å². The molecule has 0 aliphatic carbocycles. The van der Waals surface area contributed by atoms with Crippen molar-refractivity contribution in [2.45, 2.75) is 0 Å². The van der Waals surface area contributed by atoms with E-state index >= 15 is 0 Å². The zero-order chi connectivity index (χ0) is 9.97. The molecule has 0 saturated heterocycles. The summed E-state index contributed by atoms with van der Waals surface area (Å²) in [5, 5.41) is 10.2. The van der Waals surface area contributed by atoms with Crippen LogP contribution in [-0.4, -0.2) is 20.5 Å². The van der Waals surface area contributed by atoms with Crippen LogP contribution in [0.4, 0.5) is 5.95 Å². The third kappa shape index (κ3) is 1.35. The van der Waals surface area contributed by atoms with Crippen LogP contribution in [0.15, 0.2) is 37.1 Å². The average Bonchev–Trinajstić information content (AvgIpc) is 2.62. The van der Waals surface area contributed by atoms with Crippen molar-refractivity contribution < 1.29 is 4.79 Å². The molecule has 0 aliphatic rings. The van der Waals surface area contributed by atoms with Gasteiger partial charge in [-0.25, -0.2) is 0 Å². The molecule has 5 nitrogen and oxygen atoms in total. The van der Waals surface area contributed by atoms with Gasteiger partial charge >= 0.3 is 0 Å². The molecule has 1 N–H and O–H groups in total. The minimum absolute atomic E-state index is 0.303. The predicted octanol–water partition coefficient (Wildman–Crippen LogP) is 0.854. The molecule has 0 spiro atoms. The number of carbonyl (C=O) groups is 1. The molecule has 0 atom stereocenters. The monoisotopic (exact) mass is 188 g/mol. The minimum atomic E-state index is -0.303. The van der Waals surface area contributed by atoms with Crippen LogP contribution in [0.25, 0.3) is 5.65 Å². The summed E-state index contributed by atoms with van der Waals surface area (Å²) in [6.45, 7) is 3.35. The largest absolute Gasteiger partial charge is 0.291 e. The van der Waals surface area contributed by atoms with Gasteiger partial charge in [0.1, 0.15) is 0 Å². The number of nitrogens with one attached hydrogen (secondary N) is 1. The molecule has 0 saturated carbocycles. The van der Waals surface area contributed by atoms with Crippen molar-refractivity contribution in [3.8, 4) is 0 Å². The number of carbonyl (C=O) groups excluding carboxylic acids is 1. The van der Waals surface area contributed by atoms with Gasteiger partial charge in [0.15, 0.2) is 5.65 Å². The Morgan fingerprint density at radius 1 is 1.50 bits per heavy atom. The van der Waals surface area contributed by atoms with Gasteiger partial charge in [0.25, 0.3) is 0 Å². The van der Waals surface area contributed by atoms with Crippen LogP contribution in [0.2, 0.25) is 0 Å². The van der Waals surface area contributed by atoms with E-state index in [1.54, 1.807) is 16.7 Å². The Balaban J connectivity index is 2.43. The zero-order valence-corrected chi connectivity index (χ0v) is 7.34. The fourth-order valence-corrected chi connectivity index (χ4v) is 1.09. The molecule has 2 aromatic heterocycles. The maximum atomic E-state index is 11.0. The van der Waals surface area contributed by atoms with Gasteiger partial charge < -0.3 is 0 Å². The molecule has 2 heterocycles. The van der Waals surface area contributed by atoms with E-state index in [0.29, 0.717) is 11.6 Å². The first kappa shape index (κ1) is 8.43. The number of hydrogen-bond acceptors (Lipinski definition) is 3. The smallest absolute Gasteiger partial charge is 0.250 e. The molecule has 0 aromatic carbocycles. The fourth-order valence-electron chi connectivity index (χ4n) is 1.09. The Kier molecular flexibility index (Phi) is 1.98. The molecular formula is C9H8N4O. The van der Waals surface area contributed by atoms with E-state index in [-0.39, 0.29) is 5.91 Å². The van der Waals surface area contributed by atoms with E-state index in [1.807, 2.05) is 12.1 Å². The molecule has 0 aliphatic heterocycles. The Labute approximate surface area is 80.1 Å². The average molecular weight is 188 g/mol. The molecule has 1 amide bonds. The highest BCUT2D eigenvalue weighted by molar-refractivity contribution is 5.97. The lowest BCUT2D eigenvalue weighted by molar-refractivity contribution is -0.111. The first-order valence-corrected chi connectivity index (χ1v) is 4.04. The van der Waals surface area contributed by atoms with Gasteiger partial charge in [-0.2, -0.15) is 0 Å². The summed E-state index contributed by atoms with van der Waals surface area (Å²) in [5.74, 6) is 0.0913. The molecule has 2 aromatic rings. The lowest BCUT2D eigenvalue weighted by atomic mass is 10.5. The Hall–Kier alpha value is -2.17. The molecule has 70 valence electrons. The van der Waals surface area contributed by atoms with Gasteiger partial charge in [-0.15, -0.1) is 10.2 Å². The SMILES string of the molecule is C=CC(=O)Nc1nnc2ccccn12. The van der Waals surface area contributed by atoms with Crippen LogP contribution in [-0.2, 0) is 4.79 Å². The van der Waals surface area contributed by atoms with Crippen molar-refractivity contribution in [3.63, 3.8) is 0 Å². The number of anilines is 1. The van der Waals surface area contributed by atoms with Crippen LogP contribution in [0.5, 0.6) is 0 Å². The van der Waals surface area contributed by atoms with Crippen molar-refractivity contribution >= 4 is 17.5 Å². The molecule has 2 rings (SSSR count). The summed E-state index contributed by atoms with van der Waals surface area (Å²) in [4.78, 5) is 11.0. The standard InChI is InChI=1S/C9H8N4O/c1-2-8(14)10-9-12-11-7-5-3-4-6-13(7)9/h2-6H,1H2,(H,10,12,14). The summed E-state index contributed by atoms with van der Waals surface area (Å²) >= 11 is 0. The van der Waals surface area contributed by atoms with Crippen molar-refractivity contribution in [2.24, 2.45) is 0 Å². The number of pyridine rings is 1. The molecule has 14 heavy (non-hydrogen) atoms. The normalized spacial score (nSPS) is 10.0. The third-order valence-corrected chi connectivity index (χ3v) is 1.73. The Bertz CT molecular complexity index is 488. The second kappa shape index (κ2) is 3.29. The number of aromatic nitrogens is 3. The Morgan fingerprint density at radius 3 is 3.14 bits per heavy atom.